The summed E-state index contributed by atoms with van der Waals surface area (Å²) >= 11 is 0. The van der Waals surface area contributed by atoms with Crippen molar-refractivity contribution in [3.8, 4) is 23.0 Å². The van der Waals surface area contributed by atoms with Crippen LogP contribution in [0.15, 0.2) is 66.7 Å². The molecule has 1 heterocycles. The van der Waals surface area contributed by atoms with E-state index in [-0.39, 0.29) is 11.6 Å². The Balaban J connectivity index is 1.57. The van der Waals surface area contributed by atoms with Crippen LogP contribution in [0.2, 0.25) is 0 Å². The number of hydrogen-bond acceptors (Lipinski definition) is 7. The maximum atomic E-state index is 13.1. The van der Waals surface area contributed by atoms with Crippen LogP contribution in [0, 0.1) is 10.1 Å². The van der Waals surface area contributed by atoms with Crippen molar-refractivity contribution >= 4 is 11.6 Å². The van der Waals surface area contributed by atoms with Crippen molar-refractivity contribution in [3.05, 3.63) is 88.0 Å². The van der Waals surface area contributed by atoms with Crippen molar-refractivity contribution in [2.45, 2.75) is 18.6 Å². The molecule has 35 heavy (non-hydrogen) atoms. The Bertz CT molecular complexity index is 1210. The minimum atomic E-state index is -0.796. The quantitative estimate of drug-likeness (QED) is 0.245. The van der Waals surface area contributed by atoms with Gasteiger partial charge in [-0.1, -0.05) is 18.2 Å². The van der Waals surface area contributed by atoms with Gasteiger partial charge in [0.1, 0.15) is 17.5 Å². The van der Waals surface area contributed by atoms with Crippen LogP contribution in [0.25, 0.3) is 0 Å². The molecule has 0 spiro atoms. The van der Waals surface area contributed by atoms with Gasteiger partial charge in [-0.25, -0.2) is 0 Å². The highest BCUT2D eigenvalue weighted by Crippen LogP contribution is 2.39. The number of nitro benzene ring substituents is 1. The van der Waals surface area contributed by atoms with Crippen molar-refractivity contribution < 1.29 is 28.7 Å². The van der Waals surface area contributed by atoms with E-state index in [2.05, 4.69) is 0 Å². The number of carbonyl (C=O) groups excluding carboxylic acids is 1. The van der Waals surface area contributed by atoms with Gasteiger partial charge in [-0.2, -0.15) is 0 Å². The zero-order valence-corrected chi connectivity index (χ0v) is 19.7. The molecule has 1 fully saturated rings. The van der Waals surface area contributed by atoms with Crippen LogP contribution in [-0.2, 0) is 11.2 Å². The molecule has 3 aromatic carbocycles. The lowest BCUT2D eigenvalue weighted by Crippen LogP contribution is -2.61. The number of methoxy groups -OCH3 is 3. The van der Waals surface area contributed by atoms with Gasteiger partial charge in [-0.05, 0) is 53.9 Å². The maximum Gasteiger partial charge on any atom is 0.269 e. The molecule has 9 nitrogen and oxygen atoms in total. The Morgan fingerprint density at radius 1 is 0.886 bits per heavy atom. The van der Waals surface area contributed by atoms with Gasteiger partial charge in [0.05, 0.1) is 26.3 Å². The highest BCUT2D eigenvalue weighted by molar-refractivity contribution is 5.89. The van der Waals surface area contributed by atoms with E-state index in [1.165, 1.54) is 12.1 Å². The lowest BCUT2D eigenvalue weighted by atomic mass is 9.89. The second-order valence-electron chi connectivity index (χ2n) is 7.98. The minimum absolute atomic E-state index is 0.0371. The number of likely N-dealkylation sites (tertiary alicyclic amines) is 1. The average Bonchev–Trinajstić information content (AvgIpc) is 2.89. The van der Waals surface area contributed by atoms with E-state index in [1.54, 1.807) is 62.6 Å². The van der Waals surface area contributed by atoms with Gasteiger partial charge in [-0.3, -0.25) is 14.9 Å². The number of ether oxygens (including phenoxy) is 4. The highest BCUT2D eigenvalue weighted by atomic mass is 16.6. The number of amides is 1. The second-order valence-corrected chi connectivity index (χ2v) is 7.98. The summed E-state index contributed by atoms with van der Waals surface area (Å²) < 4.78 is 21.9. The summed E-state index contributed by atoms with van der Waals surface area (Å²) in [7, 11) is 4.71. The predicted octanol–water partition coefficient (Wildman–Crippen LogP) is 4.19. The van der Waals surface area contributed by atoms with E-state index in [9.17, 15) is 14.9 Å². The Kier molecular flexibility index (Phi) is 7.05. The number of rotatable bonds is 10. The molecule has 9 heteroatoms. The lowest BCUT2D eigenvalue weighted by Gasteiger charge is -2.46. The van der Waals surface area contributed by atoms with Gasteiger partial charge >= 0.3 is 0 Å². The Hall–Kier alpha value is -4.27. The van der Waals surface area contributed by atoms with Gasteiger partial charge in [-0.15, -0.1) is 0 Å². The average molecular weight is 479 g/mol. The van der Waals surface area contributed by atoms with Crippen LogP contribution < -0.4 is 18.9 Å². The van der Waals surface area contributed by atoms with Crippen LogP contribution >= 0.6 is 0 Å². The van der Waals surface area contributed by atoms with Crippen LogP contribution in [0.3, 0.4) is 0 Å². The number of carbonyl (C=O) groups is 1. The van der Waals surface area contributed by atoms with Crippen molar-refractivity contribution in [1.29, 1.82) is 0 Å². The van der Waals surface area contributed by atoms with E-state index >= 15 is 0 Å². The molecule has 3 aromatic rings. The molecule has 0 aliphatic carbocycles. The van der Waals surface area contributed by atoms with Crippen LogP contribution in [0.1, 0.15) is 17.2 Å². The molecule has 2 atom stereocenters. The molecule has 0 aromatic heterocycles. The zero-order chi connectivity index (χ0) is 24.9. The Morgan fingerprint density at radius 2 is 1.60 bits per heavy atom. The Morgan fingerprint density at radius 3 is 2.26 bits per heavy atom. The molecule has 1 amide bonds. The van der Waals surface area contributed by atoms with Gasteiger partial charge in [0.15, 0.2) is 11.5 Å². The summed E-state index contributed by atoms with van der Waals surface area (Å²) in [6, 6.07) is 18.4. The fourth-order valence-corrected chi connectivity index (χ4v) is 4.14. The summed E-state index contributed by atoms with van der Waals surface area (Å²) in [5.74, 6) is 2.23. The largest absolute Gasteiger partial charge is 0.497 e. The SMILES string of the molecule is COc1ccc(O[C@H]2C(=O)N(CCc3ccc(OC)c(OC)c3)[C@H]2c2cccc([N+](=O)[O-])c2)cc1. The predicted molar refractivity (Wildman–Crippen MR) is 128 cm³/mol. The summed E-state index contributed by atoms with van der Waals surface area (Å²) in [4.78, 5) is 25.7. The number of β-lactam (4-membered cyclic amide) rings is 1. The van der Waals surface area contributed by atoms with E-state index < -0.39 is 17.1 Å². The summed E-state index contributed by atoms with van der Waals surface area (Å²) in [6.07, 6.45) is -0.233. The number of benzene rings is 3. The molecule has 0 unspecified atom stereocenters. The number of nitro groups is 1. The Labute approximate surface area is 202 Å². The van der Waals surface area contributed by atoms with Crippen molar-refractivity contribution in [1.82, 2.24) is 4.90 Å². The zero-order valence-electron chi connectivity index (χ0n) is 19.7. The van der Waals surface area contributed by atoms with Crippen molar-refractivity contribution in [3.63, 3.8) is 0 Å². The first-order chi connectivity index (χ1) is 16.9. The summed E-state index contributed by atoms with van der Waals surface area (Å²) in [5, 5.41) is 11.3. The van der Waals surface area contributed by atoms with E-state index in [0.717, 1.165) is 5.56 Å². The first-order valence-corrected chi connectivity index (χ1v) is 11.0. The molecule has 0 bridgehead atoms. The van der Waals surface area contributed by atoms with Crippen LogP contribution in [0.5, 0.6) is 23.0 Å². The third-order valence-electron chi connectivity index (χ3n) is 5.98. The van der Waals surface area contributed by atoms with Crippen LogP contribution in [0.4, 0.5) is 5.69 Å². The highest BCUT2D eigenvalue weighted by Gasteiger charge is 2.50. The smallest absolute Gasteiger partial charge is 0.269 e. The molecule has 0 radical (unpaired) electrons. The van der Waals surface area contributed by atoms with E-state index in [4.69, 9.17) is 18.9 Å². The standard InChI is InChI=1S/C26H26N2O7/c1-32-20-8-10-21(11-9-20)35-25-24(18-5-4-6-19(16-18)28(30)31)27(26(25)29)14-13-17-7-12-22(33-2)23(15-17)34-3/h4-12,15-16,24-25H,13-14H2,1-3H3/t24-,25+/m0/s1. The molecular formula is C26H26N2O7. The third-order valence-corrected chi connectivity index (χ3v) is 5.98. The molecule has 0 saturated carbocycles. The second kappa shape index (κ2) is 10.3. The summed E-state index contributed by atoms with van der Waals surface area (Å²) in [6.45, 7) is 0.407. The molecule has 1 saturated heterocycles. The molecule has 0 N–H and O–H groups in total. The molecule has 182 valence electrons. The number of non-ortho nitro benzene ring substituents is 1. The van der Waals surface area contributed by atoms with Crippen molar-refractivity contribution in [2.24, 2.45) is 0 Å². The monoisotopic (exact) mass is 478 g/mol. The van der Waals surface area contributed by atoms with Gasteiger partial charge in [0, 0.05) is 18.7 Å². The van der Waals surface area contributed by atoms with Gasteiger partial charge in [0.25, 0.3) is 11.6 Å². The lowest BCUT2D eigenvalue weighted by molar-refractivity contribution is -0.385. The minimum Gasteiger partial charge on any atom is -0.497 e. The first-order valence-electron chi connectivity index (χ1n) is 11.0. The summed E-state index contributed by atoms with van der Waals surface area (Å²) in [5.41, 5.74) is 1.57. The maximum absolute atomic E-state index is 13.1. The fraction of sp³-hybridized carbons (Fsp3) is 0.269. The number of nitrogens with zero attached hydrogens (tertiary/aromatic N) is 2. The van der Waals surface area contributed by atoms with Crippen LogP contribution in [-0.4, -0.2) is 49.7 Å². The topological polar surface area (TPSA) is 100 Å². The molecule has 1 aliphatic heterocycles. The number of hydrogen-bond donors (Lipinski definition) is 0. The van der Waals surface area contributed by atoms with Gasteiger partial charge < -0.3 is 23.8 Å². The third kappa shape index (κ3) is 4.98. The molecule has 4 rings (SSSR count). The fourth-order valence-electron chi connectivity index (χ4n) is 4.14. The van der Waals surface area contributed by atoms with E-state index in [1.807, 2.05) is 18.2 Å². The van der Waals surface area contributed by atoms with E-state index in [0.29, 0.717) is 41.5 Å². The molecular weight excluding hydrogens is 452 g/mol. The first kappa shape index (κ1) is 23.9. The van der Waals surface area contributed by atoms with Crippen molar-refractivity contribution in [2.75, 3.05) is 27.9 Å². The normalized spacial score (nSPS) is 16.9. The van der Waals surface area contributed by atoms with Gasteiger partial charge in [0.2, 0.25) is 6.10 Å². The molecule has 1 aliphatic rings.